The number of nitrogens with one attached hydrogen (secondary N) is 1. The van der Waals surface area contributed by atoms with Crippen LogP contribution >= 0.6 is 23.2 Å². The Morgan fingerprint density at radius 3 is 2.26 bits per heavy atom. The van der Waals surface area contributed by atoms with Crippen molar-refractivity contribution in [3.63, 3.8) is 0 Å². The molecular weight excluding hydrogens is 557 g/mol. The smallest absolute Gasteiger partial charge is 0.264 e. The fourth-order valence-corrected chi connectivity index (χ4v) is 5.85. The summed E-state index contributed by atoms with van der Waals surface area (Å²) in [6.07, 6.45) is 1.71. The van der Waals surface area contributed by atoms with Gasteiger partial charge in [-0.05, 0) is 61.7 Å². The molecule has 0 unspecified atom stereocenters. The van der Waals surface area contributed by atoms with Crippen LogP contribution in [0.5, 0.6) is 0 Å². The summed E-state index contributed by atoms with van der Waals surface area (Å²) >= 11 is 12.3. The second-order valence-corrected chi connectivity index (χ2v) is 11.9. The van der Waals surface area contributed by atoms with Gasteiger partial charge in [0.1, 0.15) is 12.6 Å². The first-order chi connectivity index (χ1) is 18.6. The van der Waals surface area contributed by atoms with Gasteiger partial charge < -0.3 is 10.2 Å². The zero-order valence-corrected chi connectivity index (χ0v) is 24.6. The monoisotopic (exact) mass is 589 g/mol. The molecular formula is C29H33Cl2N3O4S. The lowest BCUT2D eigenvalue weighted by Crippen LogP contribution is -2.51. The molecule has 0 heterocycles. The molecule has 0 aliphatic carbocycles. The summed E-state index contributed by atoms with van der Waals surface area (Å²) in [6, 6.07) is 19.0. The van der Waals surface area contributed by atoms with E-state index in [2.05, 4.69) is 5.32 Å². The van der Waals surface area contributed by atoms with Gasteiger partial charge in [0.15, 0.2) is 0 Å². The van der Waals surface area contributed by atoms with E-state index in [1.165, 1.54) is 17.0 Å². The Kier molecular flexibility index (Phi) is 10.8. The number of carbonyl (C=O) groups excluding carboxylic acids is 2. The van der Waals surface area contributed by atoms with Crippen LogP contribution in [0.3, 0.4) is 0 Å². The Balaban J connectivity index is 2.01. The van der Waals surface area contributed by atoms with E-state index in [0.717, 1.165) is 17.1 Å². The van der Waals surface area contributed by atoms with Crippen molar-refractivity contribution in [2.24, 2.45) is 0 Å². The third kappa shape index (κ3) is 7.75. The SMILES string of the molecule is CCCCNC(=O)[C@H](C)N(Cc1ccc(Cl)c(Cl)c1)C(=O)CN(c1ccccc1C)S(=O)(=O)c1ccccc1. The highest BCUT2D eigenvalue weighted by molar-refractivity contribution is 7.92. The van der Waals surface area contributed by atoms with E-state index < -0.39 is 28.5 Å². The normalized spacial score (nSPS) is 12.0. The van der Waals surface area contributed by atoms with Gasteiger partial charge in [-0.3, -0.25) is 13.9 Å². The van der Waals surface area contributed by atoms with Gasteiger partial charge in [-0.1, -0.05) is 79.0 Å². The van der Waals surface area contributed by atoms with Crippen LogP contribution in [0.25, 0.3) is 0 Å². The van der Waals surface area contributed by atoms with Crippen molar-refractivity contribution in [3.8, 4) is 0 Å². The molecule has 0 saturated carbocycles. The van der Waals surface area contributed by atoms with Crippen LogP contribution in [0.15, 0.2) is 77.7 Å². The molecule has 3 rings (SSSR count). The molecule has 0 aliphatic heterocycles. The fraction of sp³-hybridized carbons (Fsp3) is 0.310. The number of sulfonamides is 1. The lowest BCUT2D eigenvalue weighted by Gasteiger charge is -2.32. The van der Waals surface area contributed by atoms with E-state index in [0.29, 0.717) is 33.4 Å². The standard InChI is InChI=1S/C29H33Cl2N3O4S/c1-4-5-17-32-29(36)22(3)33(19-23-15-16-25(30)26(31)18-23)28(35)20-34(27-14-10-9-11-21(27)2)39(37,38)24-12-7-6-8-13-24/h6-16,18,22H,4-5,17,19-20H2,1-3H3,(H,32,36)/t22-/m0/s1. The molecule has 7 nitrogen and oxygen atoms in total. The van der Waals surface area contributed by atoms with Gasteiger partial charge in [0, 0.05) is 13.1 Å². The maximum atomic E-state index is 13.9. The highest BCUT2D eigenvalue weighted by atomic mass is 35.5. The van der Waals surface area contributed by atoms with Gasteiger partial charge in [0.25, 0.3) is 10.0 Å². The summed E-state index contributed by atoms with van der Waals surface area (Å²) in [5.41, 5.74) is 1.72. The lowest BCUT2D eigenvalue weighted by molar-refractivity contribution is -0.139. The number of para-hydroxylation sites is 1. The van der Waals surface area contributed by atoms with Crippen LogP contribution < -0.4 is 9.62 Å². The number of amides is 2. The van der Waals surface area contributed by atoms with E-state index in [4.69, 9.17) is 23.2 Å². The average molecular weight is 591 g/mol. The van der Waals surface area contributed by atoms with Crippen LogP contribution in [-0.4, -0.2) is 44.3 Å². The van der Waals surface area contributed by atoms with E-state index in [9.17, 15) is 18.0 Å². The first-order valence-corrected chi connectivity index (χ1v) is 14.9. The van der Waals surface area contributed by atoms with Crippen LogP contribution in [0.1, 0.15) is 37.8 Å². The van der Waals surface area contributed by atoms with Gasteiger partial charge in [-0.2, -0.15) is 0 Å². The summed E-state index contributed by atoms with van der Waals surface area (Å²) in [5.74, 6) is -0.868. The minimum Gasteiger partial charge on any atom is -0.354 e. The lowest BCUT2D eigenvalue weighted by atomic mass is 10.1. The Hall–Kier alpha value is -3.07. The van der Waals surface area contributed by atoms with Gasteiger partial charge >= 0.3 is 0 Å². The maximum Gasteiger partial charge on any atom is 0.264 e. The number of anilines is 1. The number of aryl methyl sites for hydroxylation is 1. The Morgan fingerprint density at radius 2 is 1.62 bits per heavy atom. The highest BCUT2D eigenvalue weighted by Gasteiger charge is 2.33. The van der Waals surface area contributed by atoms with E-state index in [1.807, 2.05) is 6.92 Å². The number of hydrogen-bond acceptors (Lipinski definition) is 4. The van der Waals surface area contributed by atoms with Crippen molar-refractivity contribution in [1.82, 2.24) is 10.2 Å². The predicted octanol–water partition coefficient (Wildman–Crippen LogP) is 5.83. The average Bonchev–Trinajstić information content (AvgIpc) is 2.92. The molecule has 39 heavy (non-hydrogen) atoms. The van der Waals surface area contributed by atoms with Crippen molar-refractivity contribution in [1.29, 1.82) is 0 Å². The van der Waals surface area contributed by atoms with Gasteiger partial charge in [0.2, 0.25) is 11.8 Å². The maximum absolute atomic E-state index is 13.9. The van der Waals surface area contributed by atoms with Gasteiger partial charge in [-0.15, -0.1) is 0 Å². The first-order valence-electron chi connectivity index (χ1n) is 12.7. The minimum absolute atomic E-state index is 0.0328. The predicted molar refractivity (Wildman–Crippen MR) is 157 cm³/mol. The molecule has 0 fully saturated rings. The minimum atomic E-state index is -4.11. The van der Waals surface area contributed by atoms with Crippen LogP contribution in [0.2, 0.25) is 10.0 Å². The van der Waals surface area contributed by atoms with Crippen LogP contribution in [0, 0.1) is 6.92 Å². The van der Waals surface area contributed by atoms with Gasteiger partial charge in [-0.25, -0.2) is 8.42 Å². The molecule has 208 valence electrons. The summed E-state index contributed by atoms with van der Waals surface area (Å²) in [4.78, 5) is 28.4. The Labute approximate surface area is 240 Å². The summed E-state index contributed by atoms with van der Waals surface area (Å²) in [7, 11) is -4.11. The van der Waals surface area contributed by atoms with E-state index in [-0.39, 0.29) is 17.3 Å². The number of unbranched alkanes of at least 4 members (excludes halogenated alkanes) is 1. The van der Waals surface area contributed by atoms with Crippen molar-refractivity contribution in [3.05, 3.63) is 94.0 Å². The molecule has 3 aromatic carbocycles. The molecule has 0 aromatic heterocycles. The topological polar surface area (TPSA) is 86.8 Å². The molecule has 1 atom stereocenters. The molecule has 0 aliphatic rings. The third-order valence-electron chi connectivity index (χ3n) is 6.33. The molecule has 0 saturated heterocycles. The van der Waals surface area contributed by atoms with E-state index >= 15 is 0 Å². The number of hydrogen-bond donors (Lipinski definition) is 1. The highest BCUT2D eigenvalue weighted by Crippen LogP contribution is 2.28. The summed E-state index contributed by atoms with van der Waals surface area (Å²) in [5, 5.41) is 3.54. The second-order valence-electron chi connectivity index (χ2n) is 9.20. The van der Waals surface area contributed by atoms with Crippen LogP contribution in [0.4, 0.5) is 5.69 Å². The molecule has 0 spiro atoms. The number of nitrogens with zero attached hydrogens (tertiary/aromatic N) is 2. The zero-order valence-electron chi connectivity index (χ0n) is 22.2. The van der Waals surface area contributed by atoms with Crippen molar-refractivity contribution >= 4 is 50.7 Å². The van der Waals surface area contributed by atoms with Crippen LogP contribution in [-0.2, 0) is 26.2 Å². The molecule has 2 amide bonds. The van der Waals surface area contributed by atoms with E-state index in [1.54, 1.807) is 74.5 Å². The van der Waals surface area contributed by atoms with Crippen molar-refractivity contribution in [2.45, 2.75) is 51.1 Å². The molecule has 0 radical (unpaired) electrons. The Morgan fingerprint density at radius 1 is 0.949 bits per heavy atom. The number of rotatable bonds is 12. The summed E-state index contributed by atoms with van der Waals surface area (Å²) < 4.78 is 28.7. The zero-order chi connectivity index (χ0) is 28.6. The molecule has 3 aromatic rings. The first kappa shape index (κ1) is 30.5. The number of halogens is 2. The molecule has 0 bridgehead atoms. The number of carbonyl (C=O) groups is 2. The van der Waals surface area contributed by atoms with Crippen molar-refractivity contribution in [2.75, 3.05) is 17.4 Å². The Bertz CT molecular complexity index is 1400. The molecule has 10 heteroatoms. The van der Waals surface area contributed by atoms with Crippen molar-refractivity contribution < 1.29 is 18.0 Å². The quantitative estimate of drug-likeness (QED) is 0.269. The largest absolute Gasteiger partial charge is 0.354 e. The summed E-state index contributed by atoms with van der Waals surface area (Å²) in [6.45, 7) is 5.43. The van der Waals surface area contributed by atoms with Gasteiger partial charge in [0.05, 0.1) is 20.6 Å². The number of benzene rings is 3. The molecule has 1 N–H and O–H groups in total. The second kappa shape index (κ2) is 13.8. The third-order valence-corrected chi connectivity index (χ3v) is 8.84. The fourth-order valence-electron chi connectivity index (χ4n) is 4.03.